The number of carboxylic acids is 1. The quantitative estimate of drug-likeness (QED) is 0.310. The Morgan fingerprint density at radius 2 is 1.70 bits per heavy atom. The molecule has 1 aliphatic rings. The molecule has 3 aromatic rings. The Morgan fingerprint density at radius 1 is 0.946 bits per heavy atom. The largest absolute Gasteiger partial charge is 0.490 e. The topological polar surface area (TPSA) is 93.1 Å². The van der Waals surface area contributed by atoms with Gasteiger partial charge in [0.15, 0.2) is 11.5 Å². The van der Waals surface area contributed by atoms with Crippen LogP contribution in [0.4, 0.5) is 4.79 Å². The zero-order chi connectivity index (χ0) is 26.2. The number of rotatable bonds is 11. The van der Waals surface area contributed by atoms with Gasteiger partial charge in [-0.05, 0) is 78.6 Å². The number of ether oxygens (including phenoxy) is 2. The number of aromatic carboxylic acids is 1. The SMILES string of the molecule is CCOc1cc(/C=C2/SC(=O)N(CCCc3ccccc3)C2=O)ccc1OCc1ccc(C(=O)O)cc1. The molecule has 1 heterocycles. The molecule has 1 N–H and O–H groups in total. The second-order valence-electron chi connectivity index (χ2n) is 8.35. The third kappa shape index (κ3) is 6.80. The highest BCUT2D eigenvalue weighted by atomic mass is 32.2. The summed E-state index contributed by atoms with van der Waals surface area (Å²) in [7, 11) is 0. The van der Waals surface area contributed by atoms with Gasteiger partial charge in [-0.15, -0.1) is 0 Å². The van der Waals surface area contributed by atoms with Crippen molar-refractivity contribution in [3.05, 3.63) is 100.0 Å². The molecule has 190 valence electrons. The fourth-order valence-corrected chi connectivity index (χ4v) is 4.70. The zero-order valence-electron chi connectivity index (χ0n) is 20.4. The number of nitrogens with zero attached hydrogens (tertiary/aromatic N) is 1. The van der Waals surface area contributed by atoms with Crippen molar-refractivity contribution in [3.8, 4) is 11.5 Å². The van der Waals surface area contributed by atoms with E-state index >= 15 is 0 Å². The number of thioether (sulfide) groups is 1. The van der Waals surface area contributed by atoms with Gasteiger partial charge in [-0.2, -0.15) is 0 Å². The standard InChI is InChI=1S/C29H27NO6S/c1-2-35-25-17-22(12-15-24(25)36-19-21-10-13-23(14-11-21)28(32)33)18-26-27(31)30(29(34)37-26)16-6-9-20-7-4-3-5-8-20/h3-5,7-8,10-15,17-18H,2,6,9,16,19H2,1H3,(H,32,33)/b26-18+. The molecule has 0 atom stereocenters. The molecule has 0 bridgehead atoms. The smallest absolute Gasteiger partial charge is 0.335 e. The van der Waals surface area contributed by atoms with Crippen molar-refractivity contribution >= 4 is 35.0 Å². The summed E-state index contributed by atoms with van der Waals surface area (Å²) in [4.78, 5) is 38.1. The first-order chi connectivity index (χ1) is 17.9. The third-order valence-electron chi connectivity index (χ3n) is 5.72. The maximum Gasteiger partial charge on any atom is 0.335 e. The van der Waals surface area contributed by atoms with Gasteiger partial charge < -0.3 is 14.6 Å². The molecule has 0 aromatic heterocycles. The highest BCUT2D eigenvalue weighted by molar-refractivity contribution is 8.18. The van der Waals surface area contributed by atoms with Crippen molar-refractivity contribution in [2.75, 3.05) is 13.2 Å². The number of hydrogen-bond acceptors (Lipinski definition) is 6. The summed E-state index contributed by atoms with van der Waals surface area (Å²) < 4.78 is 11.7. The summed E-state index contributed by atoms with van der Waals surface area (Å²) in [5.41, 5.74) is 2.92. The lowest BCUT2D eigenvalue weighted by Gasteiger charge is -2.13. The third-order valence-corrected chi connectivity index (χ3v) is 6.63. The summed E-state index contributed by atoms with van der Waals surface area (Å²) >= 11 is 0.942. The molecule has 1 aliphatic heterocycles. The van der Waals surface area contributed by atoms with Crippen molar-refractivity contribution in [2.24, 2.45) is 0 Å². The summed E-state index contributed by atoms with van der Waals surface area (Å²) in [5, 5.41) is 8.78. The number of benzene rings is 3. The van der Waals surface area contributed by atoms with E-state index in [2.05, 4.69) is 0 Å². The summed E-state index contributed by atoms with van der Waals surface area (Å²) in [6.07, 6.45) is 3.19. The Labute approximate surface area is 219 Å². The van der Waals surface area contributed by atoms with E-state index in [4.69, 9.17) is 14.6 Å². The number of carboxylic acid groups (broad SMARTS) is 1. The second-order valence-corrected chi connectivity index (χ2v) is 9.35. The van der Waals surface area contributed by atoms with Crippen LogP contribution in [0.5, 0.6) is 11.5 Å². The van der Waals surface area contributed by atoms with Gasteiger partial charge in [0.25, 0.3) is 11.1 Å². The normalized spacial score (nSPS) is 14.3. The summed E-state index contributed by atoms with van der Waals surface area (Å²) in [6, 6.07) is 21.8. The molecule has 8 heteroatoms. The summed E-state index contributed by atoms with van der Waals surface area (Å²) in [5.74, 6) is -0.228. The van der Waals surface area contributed by atoms with Crippen LogP contribution in [-0.4, -0.2) is 40.3 Å². The van der Waals surface area contributed by atoms with Gasteiger partial charge in [-0.1, -0.05) is 48.5 Å². The first-order valence-electron chi connectivity index (χ1n) is 12.0. The van der Waals surface area contributed by atoms with Crippen LogP contribution in [0, 0.1) is 0 Å². The Bertz CT molecular complexity index is 1300. The van der Waals surface area contributed by atoms with E-state index < -0.39 is 5.97 Å². The van der Waals surface area contributed by atoms with Crippen LogP contribution in [0.2, 0.25) is 0 Å². The van der Waals surface area contributed by atoms with E-state index in [1.54, 1.807) is 36.4 Å². The van der Waals surface area contributed by atoms with Crippen molar-refractivity contribution in [3.63, 3.8) is 0 Å². The minimum Gasteiger partial charge on any atom is -0.490 e. The Balaban J connectivity index is 1.41. The Morgan fingerprint density at radius 3 is 2.41 bits per heavy atom. The minimum atomic E-state index is -0.980. The first kappa shape index (κ1) is 26.0. The second kappa shape index (κ2) is 12.3. The summed E-state index contributed by atoms with van der Waals surface area (Å²) in [6.45, 7) is 2.90. The number of aryl methyl sites for hydroxylation is 1. The molecule has 0 spiro atoms. The monoisotopic (exact) mass is 517 g/mol. The molecule has 7 nitrogen and oxygen atoms in total. The molecule has 1 saturated heterocycles. The van der Waals surface area contributed by atoms with Gasteiger partial charge in [-0.25, -0.2) is 4.79 Å². The van der Waals surface area contributed by atoms with E-state index in [1.165, 1.54) is 22.6 Å². The van der Waals surface area contributed by atoms with Crippen LogP contribution in [0.25, 0.3) is 6.08 Å². The van der Waals surface area contributed by atoms with E-state index in [1.807, 2.05) is 37.3 Å². The predicted molar refractivity (Wildman–Crippen MR) is 143 cm³/mol. The van der Waals surface area contributed by atoms with Gasteiger partial charge in [0, 0.05) is 6.54 Å². The molecule has 37 heavy (non-hydrogen) atoms. The lowest BCUT2D eigenvalue weighted by molar-refractivity contribution is -0.122. The molecule has 1 fully saturated rings. The number of imide groups is 1. The lowest BCUT2D eigenvalue weighted by Crippen LogP contribution is -2.29. The van der Waals surface area contributed by atoms with E-state index in [0.29, 0.717) is 36.0 Å². The number of amides is 2. The van der Waals surface area contributed by atoms with E-state index in [-0.39, 0.29) is 23.3 Å². The molecular formula is C29H27NO6S. The molecule has 0 saturated carbocycles. The number of carbonyl (C=O) groups is 3. The Kier molecular flexibility index (Phi) is 8.64. The highest BCUT2D eigenvalue weighted by Crippen LogP contribution is 2.35. The number of carbonyl (C=O) groups excluding carboxylic acids is 2. The Hall–Kier alpha value is -4.04. The van der Waals surface area contributed by atoms with Crippen LogP contribution in [0.15, 0.2) is 77.7 Å². The molecular weight excluding hydrogens is 490 g/mol. The van der Waals surface area contributed by atoms with Crippen LogP contribution in [0.1, 0.15) is 40.4 Å². The fraction of sp³-hybridized carbons (Fsp3) is 0.207. The van der Waals surface area contributed by atoms with Gasteiger partial charge in [-0.3, -0.25) is 14.5 Å². The van der Waals surface area contributed by atoms with Crippen molar-refractivity contribution in [1.82, 2.24) is 4.90 Å². The predicted octanol–water partition coefficient (Wildman–Crippen LogP) is 6.03. The van der Waals surface area contributed by atoms with Gasteiger partial charge >= 0.3 is 5.97 Å². The van der Waals surface area contributed by atoms with Crippen molar-refractivity contribution in [2.45, 2.75) is 26.4 Å². The van der Waals surface area contributed by atoms with E-state index in [0.717, 1.165) is 29.3 Å². The molecule has 0 radical (unpaired) electrons. The lowest BCUT2D eigenvalue weighted by atomic mass is 10.1. The van der Waals surface area contributed by atoms with Crippen LogP contribution in [-0.2, 0) is 17.8 Å². The molecule has 0 unspecified atom stereocenters. The maximum absolute atomic E-state index is 12.9. The number of hydrogen-bond donors (Lipinski definition) is 1. The van der Waals surface area contributed by atoms with Crippen molar-refractivity contribution < 1.29 is 29.0 Å². The molecule has 3 aromatic carbocycles. The average Bonchev–Trinajstić information content (AvgIpc) is 3.16. The van der Waals surface area contributed by atoms with E-state index in [9.17, 15) is 14.4 Å². The highest BCUT2D eigenvalue weighted by Gasteiger charge is 2.34. The van der Waals surface area contributed by atoms with Crippen LogP contribution < -0.4 is 9.47 Å². The van der Waals surface area contributed by atoms with Crippen LogP contribution in [0.3, 0.4) is 0 Å². The molecule has 2 amide bonds. The van der Waals surface area contributed by atoms with Crippen molar-refractivity contribution in [1.29, 1.82) is 0 Å². The van der Waals surface area contributed by atoms with Gasteiger partial charge in [0.1, 0.15) is 6.61 Å². The van der Waals surface area contributed by atoms with Gasteiger partial charge in [0.05, 0.1) is 17.1 Å². The maximum atomic E-state index is 12.9. The minimum absolute atomic E-state index is 0.212. The van der Waals surface area contributed by atoms with Crippen LogP contribution >= 0.6 is 11.8 Å². The average molecular weight is 518 g/mol. The fourth-order valence-electron chi connectivity index (χ4n) is 3.84. The molecule has 4 rings (SSSR count). The first-order valence-corrected chi connectivity index (χ1v) is 12.8. The zero-order valence-corrected chi connectivity index (χ0v) is 21.2. The molecule has 0 aliphatic carbocycles. The van der Waals surface area contributed by atoms with Gasteiger partial charge in [0.2, 0.25) is 0 Å².